The molecule has 2 atom stereocenters. The van der Waals surface area contributed by atoms with Crippen LogP contribution in [0.15, 0.2) is 35.6 Å². The van der Waals surface area contributed by atoms with Gasteiger partial charge in [0.15, 0.2) is 5.96 Å². The van der Waals surface area contributed by atoms with Crippen LogP contribution in [0.3, 0.4) is 0 Å². The van der Waals surface area contributed by atoms with Gasteiger partial charge in [-0.25, -0.2) is 4.98 Å². The van der Waals surface area contributed by atoms with Crippen molar-refractivity contribution in [3.63, 3.8) is 0 Å². The lowest BCUT2D eigenvalue weighted by molar-refractivity contribution is -0.0922. The molecule has 0 radical (unpaired) electrons. The molecule has 2 unspecified atom stereocenters. The van der Waals surface area contributed by atoms with E-state index in [9.17, 15) is 0 Å². The molecule has 1 fully saturated rings. The van der Waals surface area contributed by atoms with Crippen LogP contribution >= 0.6 is 24.0 Å². The Labute approximate surface area is 166 Å². The van der Waals surface area contributed by atoms with Crippen molar-refractivity contribution in [2.75, 3.05) is 20.7 Å². The maximum absolute atomic E-state index is 5.51. The molecule has 7 heteroatoms. The fraction of sp³-hybridized carbons (Fsp3) is 0.556. The molecule has 1 aliphatic rings. The molecule has 0 amide bonds. The van der Waals surface area contributed by atoms with Crippen LogP contribution in [0.4, 0.5) is 0 Å². The number of fused-ring (bicyclic) bond motifs is 1. The Kier molecular flexibility index (Phi) is 6.67. The van der Waals surface area contributed by atoms with Crippen LogP contribution in [-0.4, -0.2) is 48.4 Å². The predicted octanol–water partition coefficient (Wildman–Crippen LogP) is 2.63. The molecular formula is C18H28IN5O. The van der Waals surface area contributed by atoms with Gasteiger partial charge in [-0.2, -0.15) is 0 Å². The molecule has 0 aliphatic heterocycles. The number of aliphatic imine (C=N–C) groups is 1. The molecule has 138 valence electrons. The first-order valence-electron chi connectivity index (χ1n) is 8.46. The van der Waals surface area contributed by atoms with Gasteiger partial charge in [-0.15, -0.1) is 24.0 Å². The number of benzene rings is 1. The predicted molar refractivity (Wildman–Crippen MR) is 113 cm³/mol. The molecule has 1 aliphatic carbocycles. The standard InChI is InChI=1S/C18H27N5O.HI/c1-18(2)15(11-16(18)24-4)22-17(19-3)20-9-10-23-12-21-13-7-5-6-8-14(13)23;/h5-8,12,15-16H,9-11H2,1-4H3,(H2,19,20,22);1H. The number of para-hydroxylation sites is 2. The van der Waals surface area contributed by atoms with E-state index >= 15 is 0 Å². The number of rotatable bonds is 5. The molecule has 0 bridgehead atoms. The zero-order valence-electron chi connectivity index (χ0n) is 15.3. The third kappa shape index (κ3) is 4.08. The van der Waals surface area contributed by atoms with Crippen LogP contribution in [0.2, 0.25) is 0 Å². The van der Waals surface area contributed by atoms with Crippen molar-refractivity contribution >= 4 is 41.0 Å². The van der Waals surface area contributed by atoms with Gasteiger partial charge in [0.25, 0.3) is 0 Å². The molecule has 1 aromatic heterocycles. The van der Waals surface area contributed by atoms with E-state index in [0.29, 0.717) is 12.1 Å². The second-order valence-corrected chi connectivity index (χ2v) is 6.90. The van der Waals surface area contributed by atoms with E-state index in [1.165, 1.54) is 0 Å². The van der Waals surface area contributed by atoms with Crippen molar-refractivity contribution in [1.29, 1.82) is 0 Å². The second kappa shape index (κ2) is 8.35. The Morgan fingerprint density at radius 3 is 2.84 bits per heavy atom. The summed E-state index contributed by atoms with van der Waals surface area (Å²) in [6.45, 7) is 6.09. The molecule has 2 N–H and O–H groups in total. The van der Waals surface area contributed by atoms with E-state index in [-0.39, 0.29) is 29.4 Å². The molecular weight excluding hydrogens is 429 g/mol. The third-order valence-electron chi connectivity index (χ3n) is 5.17. The van der Waals surface area contributed by atoms with E-state index in [2.05, 4.69) is 45.1 Å². The molecule has 6 nitrogen and oxygen atoms in total. The van der Waals surface area contributed by atoms with Crippen molar-refractivity contribution in [2.24, 2.45) is 10.4 Å². The van der Waals surface area contributed by atoms with Crippen molar-refractivity contribution < 1.29 is 4.74 Å². The Bertz CT molecular complexity index is 727. The number of imidazole rings is 1. The largest absolute Gasteiger partial charge is 0.381 e. The molecule has 0 spiro atoms. The highest BCUT2D eigenvalue weighted by molar-refractivity contribution is 14.0. The van der Waals surface area contributed by atoms with Gasteiger partial charge < -0.3 is 19.9 Å². The molecule has 0 saturated heterocycles. The van der Waals surface area contributed by atoms with Gasteiger partial charge in [-0.1, -0.05) is 26.0 Å². The molecule has 3 rings (SSSR count). The van der Waals surface area contributed by atoms with Gasteiger partial charge >= 0.3 is 0 Å². The number of nitrogens with one attached hydrogen (secondary N) is 2. The van der Waals surface area contributed by atoms with Crippen molar-refractivity contribution in [3.05, 3.63) is 30.6 Å². The second-order valence-electron chi connectivity index (χ2n) is 6.90. The number of halogens is 1. The third-order valence-corrected chi connectivity index (χ3v) is 5.17. The summed E-state index contributed by atoms with van der Waals surface area (Å²) < 4.78 is 7.66. The molecule has 2 aromatic rings. The summed E-state index contributed by atoms with van der Waals surface area (Å²) in [5.41, 5.74) is 2.31. The lowest BCUT2D eigenvalue weighted by Crippen LogP contribution is -2.63. The summed E-state index contributed by atoms with van der Waals surface area (Å²) in [6, 6.07) is 8.56. The fourth-order valence-corrected chi connectivity index (χ4v) is 3.37. The minimum absolute atomic E-state index is 0. The van der Waals surface area contributed by atoms with Crippen LogP contribution in [0, 0.1) is 5.41 Å². The first kappa shape index (κ1) is 20.0. The number of guanidine groups is 1. The highest BCUT2D eigenvalue weighted by atomic mass is 127. The quantitative estimate of drug-likeness (QED) is 0.412. The SMILES string of the molecule is CN=C(NCCn1cnc2ccccc21)NC1CC(OC)C1(C)C.I. The minimum atomic E-state index is 0. The number of ether oxygens (including phenoxy) is 1. The van der Waals surface area contributed by atoms with Gasteiger partial charge in [-0.05, 0) is 18.6 Å². The van der Waals surface area contributed by atoms with Crippen LogP contribution < -0.4 is 10.6 Å². The van der Waals surface area contributed by atoms with E-state index in [1.54, 1.807) is 14.2 Å². The summed E-state index contributed by atoms with van der Waals surface area (Å²) in [7, 11) is 3.59. The molecule has 25 heavy (non-hydrogen) atoms. The van der Waals surface area contributed by atoms with E-state index in [1.807, 2.05) is 24.5 Å². The van der Waals surface area contributed by atoms with Gasteiger partial charge in [0.1, 0.15) is 0 Å². The zero-order chi connectivity index (χ0) is 17.2. The van der Waals surface area contributed by atoms with Crippen LogP contribution in [0.5, 0.6) is 0 Å². The Morgan fingerprint density at radius 2 is 2.16 bits per heavy atom. The normalized spacial score (nSPS) is 22.2. The lowest BCUT2D eigenvalue weighted by atomic mass is 9.64. The average molecular weight is 457 g/mol. The number of methoxy groups -OCH3 is 1. The molecule has 1 saturated carbocycles. The van der Waals surface area contributed by atoms with Crippen LogP contribution in [-0.2, 0) is 11.3 Å². The average Bonchev–Trinajstić information content (AvgIpc) is 2.99. The number of nitrogens with zero attached hydrogens (tertiary/aromatic N) is 3. The first-order chi connectivity index (χ1) is 11.6. The van der Waals surface area contributed by atoms with Crippen molar-refractivity contribution in [1.82, 2.24) is 20.2 Å². The van der Waals surface area contributed by atoms with E-state index < -0.39 is 0 Å². The van der Waals surface area contributed by atoms with Gasteiger partial charge in [0.2, 0.25) is 0 Å². The van der Waals surface area contributed by atoms with Crippen LogP contribution in [0.1, 0.15) is 20.3 Å². The van der Waals surface area contributed by atoms with E-state index in [4.69, 9.17) is 4.74 Å². The zero-order valence-corrected chi connectivity index (χ0v) is 17.7. The van der Waals surface area contributed by atoms with Gasteiger partial charge in [0.05, 0.1) is 23.5 Å². The topological polar surface area (TPSA) is 63.5 Å². The van der Waals surface area contributed by atoms with Gasteiger partial charge in [-0.3, -0.25) is 4.99 Å². The summed E-state index contributed by atoms with van der Waals surface area (Å²) in [6.07, 6.45) is 3.21. The summed E-state index contributed by atoms with van der Waals surface area (Å²) >= 11 is 0. The minimum Gasteiger partial charge on any atom is -0.381 e. The van der Waals surface area contributed by atoms with Crippen molar-refractivity contribution in [2.45, 2.75) is 39.0 Å². The smallest absolute Gasteiger partial charge is 0.191 e. The Balaban J connectivity index is 0.00000225. The maximum atomic E-state index is 5.51. The Hall–Kier alpha value is -1.35. The fourth-order valence-electron chi connectivity index (χ4n) is 3.37. The van der Waals surface area contributed by atoms with Crippen molar-refractivity contribution in [3.8, 4) is 0 Å². The molecule has 1 aromatic carbocycles. The highest BCUT2D eigenvalue weighted by Gasteiger charge is 2.48. The summed E-state index contributed by atoms with van der Waals surface area (Å²) in [5, 5.41) is 6.90. The number of hydrogen-bond donors (Lipinski definition) is 2. The first-order valence-corrected chi connectivity index (χ1v) is 8.46. The van der Waals surface area contributed by atoms with Gasteiger partial charge in [0, 0.05) is 38.7 Å². The molecule has 1 heterocycles. The highest BCUT2D eigenvalue weighted by Crippen LogP contribution is 2.42. The monoisotopic (exact) mass is 457 g/mol. The number of hydrogen-bond acceptors (Lipinski definition) is 3. The summed E-state index contributed by atoms with van der Waals surface area (Å²) in [5.74, 6) is 0.840. The van der Waals surface area contributed by atoms with Crippen LogP contribution in [0.25, 0.3) is 11.0 Å². The lowest BCUT2D eigenvalue weighted by Gasteiger charge is -2.51. The summed E-state index contributed by atoms with van der Waals surface area (Å²) in [4.78, 5) is 8.76. The maximum Gasteiger partial charge on any atom is 0.191 e. The number of aromatic nitrogens is 2. The Morgan fingerprint density at radius 1 is 1.40 bits per heavy atom. The van der Waals surface area contributed by atoms with E-state index in [0.717, 1.165) is 36.5 Å².